The standard InChI is InChI=1S/C37H42N2O15/c1-14-10-16-11-21(40)37(53-7)33(46)24-18(32(45)36(37,48)25(16)28(43)22(14)35(47)52-6)12-17-23(27(24)42)19(38-8-9-49-3)13-20(26(17)41)39-34-31(51-5)29(44)30(50-4)15(2)54-34/h10,12-13,15,21,29-31,34,39-40,42-44,48H,8-9,11H2,1-7H3/t15-,21+,29+,30-,31+,34-,36-,37+/m0/s1. The molecule has 54 heavy (non-hydrogen) atoms. The van der Waals surface area contributed by atoms with Crippen LogP contribution in [-0.2, 0) is 40.4 Å². The Hall–Kier alpha value is -4.59. The number of Topliss-reactive ketones (excluding diaryl/α,β-unsaturated/α-hetero) is 3. The van der Waals surface area contributed by atoms with Crippen LogP contribution < -0.4 is 5.32 Å². The Balaban J connectivity index is 1.56. The molecule has 4 aliphatic rings. The first-order valence-electron chi connectivity index (χ1n) is 17.0. The number of ether oxygens (including phenoxy) is 6. The molecule has 0 radical (unpaired) electrons. The van der Waals surface area contributed by atoms with Gasteiger partial charge < -0.3 is 59.3 Å². The van der Waals surface area contributed by atoms with Crippen molar-refractivity contribution in [1.29, 1.82) is 0 Å². The molecule has 0 saturated carbocycles. The van der Waals surface area contributed by atoms with Crippen molar-refractivity contribution in [2.75, 3.05) is 48.7 Å². The van der Waals surface area contributed by atoms with E-state index in [4.69, 9.17) is 28.4 Å². The van der Waals surface area contributed by atoms with E-state index in [0.29, 0.717) is 0 Å². The molecule has 2 aromatic rings. The van der Waals surface area contributed by atoms with Crippen molar-refractivity contribution in [3.05, 3.63) is 68.4 Å². The second-order valence-corrected chi connectivity index (χ2v) is 13.5. The summed E-state index contributed by atoms with van der Waals surface area (Å²) in [4.78, 5) is 61.1. The van der Waals surface area contributed by atoms with Crippen molar-refractivity contribution in [3.8, 4) is 11.5 Å². The van der Waals surface area contributed by atoms with Crippen molar-refractivity contribution in [2.24, 2.45) is 4.99 Å². The number of hydrogen-bond acceptors (Lipinski definition) is 17. The fourth-order valence-electron chi connectivity index (χ4n) is 8.25. The van der Waals surface area contributed by atoms with Gasteiger partial charge in [-0.15, -0.1) is 0 Å². The number of aliphatic imine (C=N–C) groups is 1. The maximum absolute atomic E-state index is 14.8. The van der Waals surface area contributed by atoms with Crippen molar-refractivity contribution in [2.45, 2.75) is 68.2 Å². The fourth-order valence-corrected chi connectivity index (χ4v) is 8.25. The molecule has 3 aliphatic carbocycles. The lowest BCUT2D eigenvalue weighted by Gasteiger charge is -2.53. The molecule has 0 bridgehead atoms. The zero-order valence-corrected chi connectivity index (χ0v) is 30.6. The number of aliphatic hydroxyl groups excluding tert-OH is 2. The van der Waals surface area contributed by atoms with Gasteiger partial charge in [-0.3, -0.25) is 19.4 Å². The molecule has 1 saturated heterocycles. The molecule has 290 valence electrons. The number of nitrogens with zero attached hydrogens (tertiary/aromatic N) is 1. The quantitative estimate of drug-likeness (QED) is 0.146. The monoisotopic (exact) mass is 754 g/mol. The van der Waals surface area contributed by atoms with Gasteiger partial charge in [-0.25, -0.2) is 4.79 Å². The van der Waals surface area contributed by atoms with Gasteiger partial charge in [0.1, 0.15) is 35.4 Å². The molecule has 17 heteroatoms. The summed E-state index contributed by atoms with van der Waals surface area (Å²) in [5, 5.41) is 61.6. The number of aromatic hydroxyl groups is 2. The molecule has 6 rings (SSSR count). The number of hydrogen-bond donors (Lipinski definition) is 6. The van der Waals surface area contributed by atoms with Crippen LogP contribution in [0.4, 0.5) is 0 Å². The SMILES string of the molecule is COCCN=C1C=C(N[C@H]2O[C@@H](C)[C@H](OC)[C@@H](O)[C@H]2OC)C(=O)c2cc3c(c(O)c21)C(=O)[C@]1(OC)[C@H](O)Cc2cc(C)c(C(=O)OC)c(O)c2[C@]1(O)C3=O. The van der Waals surface area contributed by atoms with Crippen LogP contribution >= 0.6 is 0 Å². The first-order chi connectivity index (χ1) is 25.6. The molecule has 0 amide bonds. The lowest BCUT2D eigenvalue weighted by atomic mass is 9.56. The number of phenolic OH excluding ortho intramolecular Hbond substituents is 2. The largest absolute Gasteiger partial charge is 0.507 e. The molecule has 1 aliphatic heterocycles. The first-order valence-corrected chi connectivity index (χ1v) is 17.0. The van der Waals surface area contributed by atoms with Crippen LogP contribution in [0.25, 0.3) is 0 Å². The molecule has 0 aromatic heterocycles. The summed E-state index contributed by atoms with van der Waals surface area (Å²) in [7, 11) is 6.21. The van der Waals surface area contributed by atoms with E-state index in [9.17, 15) is 44.7 Å². The molecule has 0 spiro atoms. The number of allylic oxidation sites excluding steroid dienone is 2. The van der Waals surface area contributed by atoms with Crippen LogP contribution in [-0.4, -0.2) is 146 Å². The Morgan fingerprint density at radius 2 is 1.67 bits per heavy atom. The van der Waals surface area contributed by atoms with Gasteiger partial charge >= 0.3 is 5.97 Å². The number of carbonyl (C=O) groups excluding carboxylic acids is 4. The normalized spacial score (nSPS) is 31.0. The fraction of sp³-hybridized carbons (Fsp3) is 0.486. The third kappa shape index (κ3) is 5.33. The van der Waals surface area contributed by atoms with E-state index < -0.39 is 111 Å². The van der Waals surface area contributed by atoms with Crippen molar-refractivity contribution in [3.63, 3.8) is 0 Å². The number of aryl methyl sites for hydroxylation is 1. The van der Waals surface area contributed by atoms with E-state index in [-0.39, 0.29) is 46.8 Å². The summed E-state index contributed by atoms with van der Waals surface area (Å²) in [6.45, 7) is 3.27. The predicted octanol–water partition coefficient (Wildman–Crippen LogP) is 0.00282. The van der Waals surface area contributed by atoms with E-state index in [1.54, 1.807) is 6.92 Å². The summed E-state index contributed by atoms with van der Waals surface area (Å²) in [6, 6.07) is 2.37. The predicted molar refractivity (Wildman–Crippen MR) is 185 cm³/mol. The highest BCUT2D eigenvalue weighted by molar-refractivity contribution is 6.31. The molecule has 8 atom stereocenters. The maximum atomic E-state index is 14.8. The van der Waals surface area contributed by atoms with E-state index >= 15 is 0 Å². The number of phenols is 2. The number of esters is 1. The van der Waals surface area contributed by atoms with Crippen LogP contribution in [0.1, 0.15) is 70.6 Å². The minimum atomic E-state index is -3.20. The van der Waals surface area contributed by atoms with Gasteiger partial charge in [0.2, 0.25) is 17.3 Å². The van der Waals surface area contributed by atoms with Gasteiger partial charge in [0.05, 0.1) is 55.0 Å². The van der Waals surface area contributed by atoms with Crippen molar-refractivity contribution >= 4 is 29.0 Å². The molecule has 1 heterocycles. The zero-order chi connectivity index (χ0) is 39.6. The number of aliphatic hydroxyl groups is 3. The molecule has 2 aromatic carbocycles. The first kappa shape index (κ1) is 39.1. The second-order valence-electron chi connectivity index (χ2n) is 13.5. The van der Waals surface area contributed by atoms with Gasteiger partial charge in [0.15, 0.2) is 17.4 Å². The summed E-state index contributed by atoms with van der Waals surface area (Å²) >= 11 is 0. The van der Waals surface area contributed by atoms with Gasteiger partial charge in [-0.2, -0.15) is 0 Å². The number of carbonyl (C=O) groups is 4. The van der Waals surface area contributed by atoms with Crippen LogP contribution in [0.2, 0.25) is 0 Å². The summed E-state index contributed by atoms with van der Waals surface area (Å²) in [5.74, 6) is -6.15. The lowest BCUT2D eigenvalue weighted by Crippen LogP contribution is -2.73. The Labute approximate surface area is 309 Å². The van der Waals surface area contributed by atoms with Crippen LogP contribution in [0.15, 0.2) is 28.9 Å². The average molecular weight is 755 g/mol. The smallest absolute Gasteiger partial charge is 0.341 e. The highest BCUT2D eigenvalue weighted by atomic mass is 16.6. The van der Waals surface area contributed by atoms with Gasteiger partial charge in [0, 0.05) is 51.6 Å². The van der Waals surface area contributed by atoms with Gasteiger partial charge in [-0.1, -0.05) is 6.07 Å². The molecule has 0 unspecified atom stereocenters. The second kappa shape index (κ2) is 14.2. The zero-order valence-electron chi connectivity index (χ0n) is 30.6. The summed E-state index contributed by atoms with van der Waals surface area (Å²) in [6.07, 6.45) is -5.81. The van der Waals surface area contributed by atoms with E-state index in [1.165, 1.54) is 40.4 Å². The molecule has 6 N–H and O–H groups in total. The van der Waals surface area contributed by atoms with Crippen LogP contribution in [0, 0.1) is 6.92 Å². The number of rotatable bonds is 9. The number of benzene rings is 2. The molecular formula is C37H42N2O15. The van der Waals surface area contributed by atoms with Crippen LogP contribution in [0.5, 0.6) is 11.5 Å². The molecule has 1 fully saturated rings. The lowest BCUT2D eigenvalue weighted by molar-refractivity contribution is -0.236. The van der Waals surface area contributed by atoms with Crippen molar-refractivity contribution in [1.82, 2.24) is 5.32 Å². The highest BCUT2D eigenvalue weighted by Gasteiger charge is 2.72. The number of ketones is 3. The van der Waals surface area contributed by atoms with E-state index in [0.717, 1.165) is 20.3 Å². The minimum absolute atomic E-state index is 0.0180. The Morgan fingerprint density at radius 1 is 0.981 bits per heavy atom. The number of fused-ring (bicyclic) bond motifs is 5. The summed E-state index contributed by atoms with van der Waals surface area (Å²) in [5.41, 5.74) is -8.89. The van der Waals surface area contributed by atoms with E-state index in [1.807, 2.05) is 0 Å². The topological polar surface area (TPSA) is 249 Å². The number of nitrogens with one attached hydrogen (secondary N) is 1. The maximum Gasteiger partial charge on any atom is 0.341 e. The third-order valence-corrected chi connectivity index (χ3v) is 10.8. The average Bonchev–Trinajstić information content (AvgIpc) is 3.12. The Bertz CT molecular complexity index is 2010. The van der Waals surface area contributed by atoms with Gasteiger partial charge in [-0.05, 0) is 37.1 Å². The third-order valence-electron chi connectivity index (χ3n) is 10.8. The van der Waals surface area contributed by atoms with Crippen molar-refractivity contribution < 1.29 is 73.1 Å². The minimum Gasteiger partial charge on any atom is -0.507 e. The van der Waals surface area contributed by atoms with Crippen LogP contribution in [0.3, 0.4) is 0 Å². The number of methoxy groups -OCH3 is 5. The summed E-state index contributed by atoms with van der Waals surface area (Å²) < 4.78 is 32.4. The molecule has 17 nitrogen and oxygen atoms in total. The Kier molecular flexibility index (Phi) is 10.3. The molecular weight excluding hydrogens is 712 g/mol. The Morgan fingerprint density at radius 3 is 2.28 bits per heavy atom. The van der Waals surface area contributed by atoms with E-state index in [2.05, 4.69) is 10.3 Å². The van der Waals surface area contributed by atoms with Gasteiger partial charge in [0.25, 0.3) is 0 Å². The highest BCUT2D eigenvalue weighted by Crippen LogP contribution is 2.56.